The molecule has 1 fully saturated rings. The summed E-state index contributed by atoms with van der Waals surface area (Å²) < 4.78 is 5.31. The van der Waals surface area contributed by atoms with Gasteiger partial charge in [-0.2, -0.15) is 0 Å². The first-order valence-corrected chi connectivity index (χ1v) is 6.10. The molecule has 2 unspecified atom stereocenters. The summed E-state index contributed by atoms with van der Waals surface area (Å²) in [6.07, 6.45) is 0.0954. The van der Waals surface area contributed by atoms with E-state index in [1.807, 2.05) is 13.8 Å². The Balaban J connectivity index is 2.13. The van der Waals surface area contributed by atoms with Gasteiger partial charge in [0.15, 0.2) is 0 Å². The smallest absolute Gasteiger partial charge is 0.238 e. The zero-order chi connectivity index (χ0) is 10.4. The molecule has 1 amide bonds. The molecule has 0 saturated carbocycles. The first kappa shape index (κ1) is 11.8. The Hall–Kier alpha value is -0.260. The highest BCUT2D eigenvalue weighted by Gasteiger charge is 2.22. The minimum absolute atomic E-state index is 0.0196. The Bertz CT molecular complexity index is 184. The van der Waals surface area contributed by atoms with E-state index in [1.54, 1.807) is 11.8 Å². The van der Waals surface area contributed by atoms with Crippen LogP contribution in [0.15, 0.2) is 0 Å². The molecule has 0 aromatic carbocycles. The van der Waals surface area contributed by atoms with Crippen molar-refractivity contribution in [3.8, 4) is 0 Å². The van der Waals surface area contributed by atoms with E-state index in [0.29, 0.717) is 13.2 Å². The minimum Gasteiger partial charge on any atom is -0.377 e. The fourth-order valence-corrected chi connectivity index (χ4v) is 2.22. The number of nitrogens with one attached hydrogen (secondary N) is 2. The number of amides is 1. The van der Waals surface area contributed by atoms with Crippen LogP contribution in [-0.4, -0.2) is 42.8 Å². The van der Waals surface area contributed by atoms with Crippen LogP contribution in [0.25, 0.3) is 0 Å². The van der Waals surface area contributed by atoms with Gasteiger partial charge in [0.1, 0.15) is 0 Å². The van der Waals surface area contributed by atoms with Gasteiger partial charge in [-0.15, -0.1) is 11.8 Å². The third-order valence-corrected chi connectivity index (χ3v) is 2.99. The Labute approximate surface area is 89.2 Å². The summed E-state index contributed by atoms with van der Waals surface area (Å²) in [4.78, 5) is 11.5. The van der Waals surface area contributed by atoms with Crippen molar-refractivity contribution in [3.05, 3.63) is 0 Å². The molecule has 2 N–H and O–H groups in total. The highest BCUT2D eigenvalue weighted by atomic mass is 32.2. The van der Waals surface area contributed by atoms with Gasteiger partial charge in [0, 0.05) is 24.8 Å². The second-order valence-electron chi connectivity index (χ2n) is 3.28. The largest absolute Gasteiger partial charge is 0.377 e. The van der Waals surface area contributed by atoms with Crippen molar-refractivity contribution in [3.63, 3.8) is 0 Å². The molecule has 2 atom stereocenters. The number of hydrogen-bond donors (Lipinski definition) is 2. The number of carbonyl (C=O) groups excluding carboxylic acids is 1. The maximum absolute atomic E-state index is 11.5. The molecule has 1 aliphatic rings. The van der Waals surface area contributed by atoms with Crippen LogP contribution >= 0.6 is 11.8 Å². The summed E-state index contributed by atoms with van der Waals surface area (Å²) in [7, 11) is 0. The lowest BCUT2D eigenvalue weighted by molar-refractivity contribution is -0.123. The lowest BCUT2D eigenvalue weighted by Crippen LogP contribution is -2.44. The molecule has 1 aliphatic heterocycles. The van der Waals surface area contributed by atoms with Crippen molar-refractivity contribution in [1.82, 2.24) is 10.6 Å². The van der Waals surface area contributed by atoms with Gasteiger partial charge >= 0.3 is 0 Å². The lowest BCUT2D eigenvalue weighted by atomic mass is 10.3. The molecular weight excluding hydrogens is 200 g/mol. The highest BCUT2D eigenvalue weighted by Crippen LogP contribution is 2.09. The topological polar surface area (TPSA) is 50.4 Å². The van der Waals surface area contributed by atoms with Gasteiger partial charge in [-0.1, -0.05) is 0 Å². The number of hydrogen-bond acceptors (Lipinski definition) is 4. The van der Waals surface area contributed by atoms with Crippen molar-refractivity contribution in [2.24, 2.45) is 0 Å². The minimum atomic E-state index is -0.0196. The monoisotopic (exact) mass is 218 g/mol. The van der Waals surface area contributed by atoms with Crippen molar-refractivity contribution in [1.29, 1.82) is 0 Å². The normalized spacial score (nSPS) is 23.4. The van der Waals surface area contributed by atoms with Gasteiger partial charge in [0.05, 0.1) is 12.1 Å². The zero-order valence-corrected chi connectivity index (χ0v) is 9.52. The predicted octanol–water partition coefficient (Wildman–Crippen LogP) is 0.190. The quantitative estimate of drug-likeness (QED) is 0.691. The predicted molar refractivity (Wildman–Crippen MR) is 58.3 cm³/mol. The summed E-state index contributed by atoms with van der Waals surface area (Å²) in [6.45, 7) is 5.19. The zero-order valence-electron chi connectivity index (χ0n) is 8.71. The standard InChI is InChI=1S/C9H18N2O2S/c1-3-13-7(2)4-10-9(12)8-5-14-6-11-8/h7-8,11H,3-6H2,1-2H3,(H,10,12). The lowest BCUT2D eigenvalue weighted by Gasteiger charge is -2.14. The Kier molecular flexibility index (Phi) is 5.29. The van der Waals surface area contributed by atoms with E-state index in [0.717, 1.165) is 11.6 Å². The third kappa shape index (κ3) is 3.86. The molecule has 0 aliphatic carbocycles. The number of carbonyl (C=O) groups is 1. The van der Waals surface area contributed by atoms with Gasteiger partial charge in [0.2, 0.25) is 5.91 Å². The fraction of sp³-hybridized carbons (Fsp3) is 0.889. The highest BCUT2D eigenvalue weighted by molar-refractivity contribution is 7.99. The average Bonchev–Trinajstić information content (AvgIpc) is 2.67. The van der Waals surface area contributed by atoms with Crippen LogP contribution in [0.4, 0.5) is 0 Å². The van der Waals surface area contributed by atoms with E-state index >= 15 is 0 Å². The Morgan fingerprint density at radius 3 is 3.14 bits per heavy atom. The van der Waals surface area contributed by atoms with Crippen LogP contribution in [0.5, 0.6) is 0 Å². The second-order valence-corrected chi connectivity index (χ2v) is 4.31. The van der Waals surface area contributed by atoms with E-state index < -0.39 is 0 Å². The van der Waals surface area contributed by atoms with Gasteiger partial charge in [-0.3, -0.25) is 10.1 Å². The van der Waals surface area contributed by atoms with E-state index in [1.165, 1.54) is 0 Å². The van der Waals surface area contributed by atoms with Crippen LogP contribution in [0, 0.1) is 0 Å². The molecule has 0 radical (unpaired) electrons. The van der Waals surface area contributed by atoms with E-state index in [-0.39, 0.29) is 18.1 Å². The first-order chi connectivity index (χ1) is 6.74. The Morgan fingerprint density at radius 2 is 2.57 bits per heavy atom. The molecule has 0 bridgehead atoms. The van der Waals surface area contributed by atoms with Crippen LogP contribution in [0.2, 0.25) is 0 Å². The van der Waals surface area contributed by atoms with Crippen LogP contribution in [0.1, 0.15) is 13.8 Å². The van der Waals surface area contributed by atoms with Gasteiger partial charge < -0.3 is 10.1 Å². The van der Waals surface area contributed by atoms with E-state index in [9.17, 15) is 4.79 Å². The third-order valence-electron chi connectivity index (χ3n) is 2.05. The van der Waals surface area contributed by atoms with Gasteiger partial charge in [0.25, 0.3) is 0 Å². The van der Waals surface area contributed by atoms with E-state index in [2.05, 4.69) is 10.6 Å². The van der Waals surface area contributed by atoms with Gasteiger partial charge in [-0.05, 0) is 13.8 Å². The summed E-state index contributed by atoms with van der Waals surface area (Å²) >= 11 is 1.75. The summed E-state index contributed by atoms with van der Waals surface area (Å²) in [5.74, 6) is 1.83. The van der Waals surface area contributed by atoms with Crippen molar-refractivity contribution in [2.75, 3.05) is 24.8 Å². The van der Waals surface area contributed by atoms with Crippen LogP contribution in [-0.2, 0) is 9.53 Å². The average molecular weight is 218 g/mol. The molecule has 82 valence electrons. The van der Waals surface area contributed by atoms with Crippen molar-refractivity contribution < 1.29 is 9.53 Å². The number of rotatable bonds is 5. The summed E-state index contributed by atoms with van der Waals surface area (Å²) in [6, 6.07) is -0.0196. The maximum atomic E-state index is 11.5. The Morgan fingerprint density at radius 1 is 1.79 bits per heavy atom. The number of ether oxygens (including phenoxy) is 1. The van der Waals surface area contributed by atoms with Crippen molar-refractivity contribution >= 4 is 17.7 Å². The van der Waals surface area contributed by atoms with Gasteiger partial charge in [-0.25, -0.2) is 0 Å². The maximum Gasteiger partial charge on any atom is 0.238 e. The molecule has 14 heavy (non-hydrogen) atoms. The molecule has 5 heteroatoms. The van der Waals surface area contributed by atoms with Crippen LogP contribution in [0.3, 0.4) is 0 Å². The molecule has 0 aromatic heterocycles. The SMILES string of the molecule is CCOC(C)CNC(=O)C1CSCN1. The summed E-state index contributed by atoms with van der Waals surface area (Å²) in [5.41, 5.74) is 0. The fourth-order valence-electron chi connectivity index (χ4n) is 1.27. The molecule has 4 nitrogen and oxygen atoms in total. The van der Waals surface area contributed by atoms with Crippen molar-refractivity contribution in [2.45, 2.75) is 26.0 Å². The molecular formula is C9H18N2O2S. The van der Waals surface area contributed by atoms with E-state index in [4.69, 9.17) is 4.74 Å². The first-order valence-electron chi connectivity index (χ1n) is 4.94. The summed E-state index contributed by atoms with van der Waals surface area (Å²) in [5, 5.41) is 5.99. The van der Waals surface area contributed by atoms with Crippen LogP contribution < -0.4 is 10.6 Å². The molecule has 1 saturated heterocycles. The molecule has 1 rings (SSSR count). The molecule has 0 aromatic rings. The second kappa shape index (κ2) is 6.27. The number of thioether (sulfide) groups is 1. The molecule has 0 spiro atoms. The molecule has 1 heterocycles.